The minimum atomic E-state index is -0.0682. The molecule has 0 spiro atoms. The summed E-state index contributed by atoms with van der Waals surface area (Å²) >= 11 is 1.37. The number of carbonyl (C=O) groups excluding carboxylic acids is 1. The lowest BCUT2D eigenvalue weighted by molar-refractivity contribution is -0.113. The summed E-state index contributed by atoms with van der Waals surface area (Å²) in [5.41, 5.74) is 4.12. The van der Waals surface area contributed by atoms with Crippen molar-refractivity contribution >= 4 is 23.4 Å². The number of benzene rings is 2. The van der Waals surface area contributed by atoms with Gasteiger partial charge < -0.3 is 14.6 Å². The molecular weight excluding hydrogens is 396 g/mol. The summed E-state index contributed by atoms with van der Waals surface area (Å²) in [5.74, 6) is 1.81. The monoisotopic (exact) mass is 424 g/mol. The lowest BCUT2D eigenvalue weighted by Gasteiger charge is -2.08. The van der Waals surface area contributed by atoms with Crippen LogP contribution in [0.5, 0.6) is 5.75 Å². The van der Waals surface area contributed by atoms with Gasteiger partial charge in [-0.05, 0) is 67.8 Å². The highest BCUT2D eigenvalue weighted by Crippen LogP contribution is 2.25. The molecule has 0 unspecified atom stereocenters. The number of anilines is 1. The zero-order valence-corrected chi connectivity index (χ0v) is 18.8. The normalized spacial score (nSPS) is 10.8. The Balaban J connectivity index is 1.58. The number of thioether (sulfide) groups is 1. The summed E-state index contributed by atoms with van der Waals surface area (Å²) in [6.07, 6.45) is 2.16. The maximum atomic E-state index is 12.3. The summed E-state index contributed by atoms with van der Waals surface area (Å²) in [6.45, 7) is 6.95. The molecule has 0 radical (unpaired) electrons. The van der Waals surface area contributed by atoms with Gasteiger partial charge in [-0.3, -0.25) is 4.79 Å². The Labute approximate surface area is 182 Å². The summed E-state index contributed by atoms with van der Waals surface area (Å²) < 4.78 is 7.61. The van der Waals surface area contributed by atoms with Gasteiger partial charge in [0.1, 0.15) is 5.75 Å². The van der Waals surface area contributed by atoms with E-state index in [0.29, 0.717) is 5.16 Å². The van der Waals surface area contributed by atoms with Gasteiger partial charge in [0.25, 0.3) is 0 Å². The fraction of sp³-hybridized carbons (Fsp3) is 0.348. The second-order valence-electron chi connectivity index (χ2n) is 7.23. The van der Waals surface area contributed by atoms with Crippen LogP contribution in [-0.2, 0) is 11.8 Å². The van der Waals surface area contributed by atoms with Crippen LogP contribution in [0.25, 0.3) is 11.4 Å². The molecule has 158 valence electrons. The quantitative estimate of drug-likeness (QED) is 0.386. The van der Waals surface area contributed by atoms with Crippen LogP contribution in [0.1, 0.15) is 30.9 Å². The zero-order valence-electron chi connectivity index (χ0n) is 17.9. The predicted octanol–water partition coefficient (Wildman–Crippen LogP) is 5.01. The van der Waals surface area contributed by atoms with Gasteiger partial charge in [0.05, 0.1) is 12.4 Å². The molecule has 0 saturated carbocycles. The molecule has 3 aromatic rings. The molecular formula is C23H28N4O2S. The number of ether oxygens (including phenoxy) is 1. The fourth-order valence-corrected chi connectivity index (χ4v) is 3.58. The average molecular weight is 425 g/mol. The first kappa shape index (κ1) is 21.9. The molecule has 1 amide bonds. The van der Waals surface area contributed by atoms with E-state index in [2.05, 4.69) is 29.4 Å². The third-order valence-electron chi connectivity index (χ3n) is 4.84. The molecule has 2 aromatic carbocycles. The van der Waals surface area contributed by atoms with Crippen molar-refractivity contribution in [2.75, 3.05) is 17.7 Å². The molecule has 3 rings (SSSR count). The first-order valence-electron chi connectivity index (χ1n) is 10.1. The van der Waals surface area contributed by atoms with Gasteiger partial charge in [0.2, 0.25) is 5.91 Å². The Bertz CT molecular complexity index is 999. The maximum Gasteiger partial charge on any atom is 0.234 e. The molecule has 0 fully saturated rings. The van der Waals surface area contributed by atoms with E-state index < -0.39 is 0 Å². The predicted molar refractivity (Wildman–Crippen MR) is 122 cm³/mol. The van der Waals surface area contributed by atoms with E-state index in [1.165, 1.54) is 17.3 Å². The largest absolute Gasteiger partial charge is 0.494 e. The number of aryl methyl sites for hydroxylation is 2. The Morgan fingerprint density at radius 1 is 1.10 bits per heavy atom. The van der Waals surface area contributed by atoms with E-state index in [-0.39, 0.29) is 11.7 Å². The topological polar surface area (TPSA) is 69.0 Å². The smallest absolute Gasteiger partial charge is 0.234 e. The van der Waals surface area contributed by atoms with Gasteiger partial charge in [-0.25, -0.2) is 0 Å². The van der Waals surface area contributed by atoms with Crippen molar-refractivity contribution in [3.8, 4) is 17.1 Å². The van der Waals surface area contributed by atoms with Crippen LogP contribution in [0.3, 0.4) is 0 Å². The summed E-state index contributed by atoms with van der Waals surface area (Å²) in [5, 5.41) is 12.2. The van der Waals surface area contributed by atoms with Crippen molar-refractivity contribution in [1.29, 1.82) is 0 Å². The number of amides is 1. The Morgan fingerprint density at radius 2 is 1.87 bits per heavy atom. The van der Waals surface area contributed by atoms with Gasteiger partial charge in [-0.1, -0.05) is 31.2 Å². The molecule has 0 aliphatic heterocycles. The van der Waals surface area contributed by atoms with E-state index in [1.54, 1.807) is 0 Å². The van der Waals surface area contributed by atoms with E-state index in [1.807, 2.05) is 61.0 Å². The number of nitrogens with one attached hydrogen (secondary N) is 1. The van der Waals surface area contributed by atoms with Crippen LogP contribution in [0, 0.1) is 13.8 Å². The molecule has 1 aromatic heterocycles. The molecule has 0 aliphatic rings. The van der Waals surface area contributed by atoms with Crippen LogP contribution in [-0.4, -0.2) is 33.0 Å². The first-order chi connectivity index (χ1) is 14.5. The third kappa shape index (κ3) is 5.63. The summed E-state index contributed by atoms with van der Waals surface area (Å²) in [4.78, 5) is 12.3. The standard InChI is InChI=1S/C23H28N4O2S/c1-5-6-13-29-20-11-8-18(9-12-20)22-25-26-23(27(22)4)30-15-21(28)24-19-10-7-16(2)17(3)14-19/h7-12,14H,5-6,13,15H2,1-4H3,(H,24,28). The van der Waals surface area contributed by atoms with Gasteiger partial charge in [-0.15, -0.1) is 10.2 Å². The van der Waals surface area contributed by atoms with Crippen molar-refractivity contribution in [3.63, 3.8) is 0 Å². The van der Waals surface area contributed by atoms with Crippen LogP contribution >= 0.6 is 11.8 Å². The number of nitrogens with zero attached hydrogens (tertiary/aromatic N) is 3. The van der Waals surface area contributed by atoms with Crippen LogP contribution < -0.4 is 10.1 Å². The molecule has 0 aliphatic carbocycles. The second-order valence-corrected chi connectivity index (χ2v) is 8.17. The van der Waals surface area contributed by atoms with Gasteiger partial charge >= 0.3 is 0 Å². The van der Waals surface area contributed by atoms with Crippen LogP contribution in [0.4, 0.5) is 5.69 Å². The average Bonchev–Trinajstić information content (AvgIpc) is 3.10. The van der Waals surface area contributed by atoms with E-state index in [9.17, 15) is 4.79 Å². The lowest BCUT2D eigenvalue weighted by atomic mass is 10.1. The molecule has 30 heavy (non-hydrogen) atoms. The minimum absolute atomic E-state index is 0.0682. The molecule has 1 N–H and O–H groups in total. The van der Waals surface area contributed by atoms with E-state index in [4.69, 9.17) is 4.74 Å². The highest BCUT2D eigenvalue weighted by molar-refractivity contribution is 7.99. The Morgan fingerprint density at radius 3 is 2.57 bits per heavy atom. The second kappa shape index (κ2) is 10.3. The number of hydrogen-bond acceptors (Lipinski definition) is 5. The third-order valence-corrected chi connectivity index (χ3v) is 5.86. The molecule has 0 bridgehead atoms. The summed E-state index contributed by atoms with van der Waals surface area (Å²) in [7, 11) is 1.91. The number of hydrogen-bond donors (Lipinski definition) is 1. The molecule has 7 heteroatoms. The number of carbonyl (C=O) groups is 1. The van der Waals surface area contributed by atoms with Crippen LogP contribution in [0.2, 0.25) is 0 Å². The SMILES string of the molecule is CCCCOc1ccc(-c2nnc(SCC(=O)Nc3ccc(C)c(C)c3)n2C)cc1. The lowest BCUT2D eigenvalue weighted by Crippen LogP contribution is -2.14. The molecule has 0 saturated heterocycles. The van der Waals surface area contributed by atoms with Crippen molar-refractivity contribution in [2.45, 2.75) is 38.8 Å². The maximum absolute atomic E-state index is 12.3. The number of unbranched alkanes of at least 4 members (excludes halogenated alkanes) is 1. The van der Waals surface area contributed by atoms with Crippen molar-refractivity contribution < 1.29 is 9.53 Å². The van der Waals surface area contributed by atoms with Crippen LogP contribution in [0.15, 0.2) is 47.6 Å². The molecule has 0 atom stereocenters. The Kier molecular flexibility index (Phi) is 7.52. The van der Waals surface area contributed by atoms with Gasteiger partial charge in [0, 0.05) is 18.3 Å². The summed E-state index contributed by atoms with van der Waals surface area (Å²) in [6, 6.07) is 13.8. The van der Waals surface area contributed by atoms with Gasteiger partial charge in [0.15, 0.2) is 11.0 Å². The van der Waals surface area contributed by atoms with E-state index >= 15 is 0 Å². The zero-order chi connectivity index (χ0) is 21.5. The Hall–Kier alpha value is -2.80. The first-order valence-corrected chi connectivity index (χ1v) is 11.1. The number of aromatic nitrogens is 3. The van der Waals surface area contributed by atoms with Crippen molar-refractivity contribution in [3.05, 3.63) is 53.6 Å². The highest BCUT2D eigenvalue weighted by atomic mass is 32.2. The minimum Gasteiger partial charge on any atom is -0.494 e. The van der Waals surface area contributed by atoms with Crippen molar-refractivity contribution in [2.24, 2.45) is 7.05 Å². The highest BCUT2D eigenvalue weighted by Gasteiger charge is 2.13. The fourth-order valence-electron chi connectivity index (χ4n) is 2.87. The van der Waals surface area contributed by atoms with Crippen molar-refractivity contribution in [1.82, 2.24) is 14.8 Å². The van der Waals surface area contributed by atoms with E-state index in [0.717, 1.165) is 47.8 Å². The van der Waals surface area contributed by atoms with Gasteiger partial charge in [-0.2, -0.15) is 0 Å². The molecule has 6 nitrogen and oxygen atoms in total. The number of rotatable bonds is 9. The molecule has 1 heterocycles.